The first-order chi connectivity index (χ1) is 7.76. The summed E-state index contributed by atoms with van der Waals surface area (Å²) < 4.78 is 0. The third kappa shape index (κ3) is 4.99. The summed E-state index contributed by atoms with van der Waals surface area (Å²) >= 11 is 11.5. The van der Waals surface area contributed by atoms with Crippen molar-refractivity contribution in [3.63, 3.8) is 0 Å². The zero-order valence-corrected chi connectivity index (χ0v) is 10.6. The minimum Gasteiger partial charge on any atom is -0.329 e. The molecular weight excluding hydrogens is 243 g/mol. The maximum atomic E-state index is 5.91. The van der Waals surface area contributed by atoms with Crippen molar-refractivity contribution in [1.82, 2.24) is 4.90 Å². The lowest BCUT2D eigenvalue weighted by Crippen LogP contribution is -2.30. The van der Waals surface area contributed by atoms with E-state index in [9.17, 15) is 0 Å². The maximum absolute atomic E-state index is 5.91. The molecule has 0 aromatic heterocycles. The second kappa shape index (κ2) is 7.69. The Morgan fingerprint density at radius 2 is 2.00 bits per heavy atom. The molecule has 0 heterocycles. The molecule has 1 aromatic carbocycles. The van der Waals surface area contributed by atoms with E-state index in [0.717, 1.165) is 13.1 Å². The van der Waals surface area contributed by atoms with Gasteiger partial charge in [0.2, 0.25) is 0 Å². The van der Waals surface area contributed by atoms with Crippen molar-refractivity contribution in [3.8, 4) is 0 Å². The monoisotopic (exact) mass is 258 g/mol. The van der Waals surface area contributed by atoms with Gasteiger partial charge in [0, 0.05) is 36.7 Å². The zero-order valence-electron chi connectivity index (χ0n) is 9.07. The molecule has 4 heteroatoms. The Morgan fingerprint density at radius 1 is 1.31 bits per heavy atom. The zero-order chi connectivity index (χ0) is 11.8. The molecule has 2 N–H and O–H groups in total. The standard InChI is InChI=1S/C12H16Cl2N2/c13-8-12(14)10-16(7-6-15)9-11-4-2-1-3-5-11/h1-5,8H,6-7,9-10,15H2/b12-8-. The predicted octanol–water partition coefficient (Wildman–Crippen LogP) is 2.77. The number of hydrogen-bond donors (Lipinski definition) is 1. The topological polar surface area (TPSA) is 29.3 Å². The Morgan fingerprint density at radius 3 is 2.56 bits per heavy atom. The highest BCUT2D eigenvalue weighted by molar-refractivity contribution is 6.36. The van der Waals surface area contributed by atoms with Gasteiger partial charge in [0.25, 0.3) is 0 Å². The van der Waals surface area contributed by atoms with Crippen LogP contribution in [0.4, 0.5) is 0 Å². The quantitative estimate of drug-likeness (QED) is 0.851. The fourth-order valence-corrected chi connectivity index (χ4v) is 1.72. The van der Waals surface area contributed by atoms with Crippen molar-refractivity contribution in [3.05, 3.63) is 46.5 Å². The van der Waals surface area contributed by atoms with Gasteiger partial charge < -0.3 is 5.73 Å². The number of halogens is 2. The molecule has 16 heavy (non-hydrogen) atoms. The average Bonchev–Trinajstić information content (AvgIpc) is 2.30. The van der Waals surface area contributed by atoms with Crippen LogP contribution >= 0.6 is 23.2 Å². The van der Waals surface area contributed by atoms with Crippen LogP contribution in [-0.4, -0.2) is 24.5 Å². The SMILES string of the molecule is NCCN(C/C(Cl)=C/Cl)Cc1ccccc1. The average molecular weight is 259 g/mol. The van der Waals surface area contributed by atoms with Gasteiger partial charge in [0.15, 0.2) is 0 Å². The van der Waals surface area contributed by atoms with Gasteiger partial charge in [-0.3, -0.25) is 4.90 Å². The molecule has 0 atom stereocenters. The number of rotatable bonds is 6. The van der Waals surface area contributed by atoms with Crippen LogP contribution in [-0.2, 0) is 6.54 Å². The van der Waals surface area contributed by atoms with Crippen molar-refractivity contribution in [1.29, 1.82) is 0 Å². The predicted molar refractivity (Wildman–Crippen MR) is 70.6 cm³/mol. The second-order valence-electron chi connectivity index (χ2n) is 3.54. The van der Waals surface area contributed by atoms with E-state index in [0.29, 0.717) is 18.1 Å². The highest BCUT2D eigenvalue weighted by Gasteiger charge is 2.06. The maximum Gasteiger partial charge on any atom is 0.0434 e. The van der Waals surface area contributed by atoms with E-state index >= 15 is 0 Å². The van der Waals surface area contributed by atoms with Crippen LogP contribution in [0.2, 0.25) is 0 Å². The first-order valence-corrected chi connectivity index (χ1v) is 5.98. The minimum atomic E-state index is 0.610. The van der Waals surface area contributed by atoms with E-state index in [2.05, 4.69) is 17.0 Å². The number of nitrogens with two attached hydrogens (primary N) is 1. The largest absolute Gasteiger partial charge is 0.329 e. The number of benzene rings is 1. The summed E-state index contributed by atoms with van der Waals surface area (Å²) in [5.41, 5.74) is 8.21. The minimum absolute atomic E-state index is 0.610. The van der Waals surface area contributed by atoms with E-state index in [1.807, 2.05) is 18.2 Å². The summed E-state index contributed by atoms with van der Waals surface area (Å²) in [6, 6.07) is 10.2. The molecule has 0 fully saturated rings. The summed E-state index contributed by atoms with van der Waals surface area (Å²) in [4.78, 5) is 2.16. The summed E-state index contributed by atoms with van der Waals surface area (Å²) in [7, 11) is 0. The first-order valence-electron chi connectivity index (χ1n) is 5.17. The molecule has 0 saturated heterocycles. The van der Waals surface area contributed by atoms with Crippen LogP contribution in [0, 0.1) is 0 Å². The van der Waals surface area contributed by atoms with Crippen LogP contribution in [0.15, 0.2) is 40.9 Å². The normalized spacial score (nSPS) is 12.1. The van der Waals surface area contributed by atoms with Gasteiger partial charge in [0.05, 0.1) is 0 Å². The highest BCUT2D eigenvalue weighted by Crippen LogP contribution is 2.10. The molecule has 0 unspecified atom stereocenters. The molecular formula is C12H16Cl2N2. The van der Waals surface area contributed by atoms with Crippen LogP contribution in [0.5, 0.6) is 0 Å². The Hall–Kier alpha value is -0.540. The van der Waals surface area contributed by atoms with Gasteiger partial charge in [-0.1, -0.05) is 53.5 Å². The molecule has 0 spiro atoms. The lowest BCUT2D eigenvalue weighted by molar-refractivity contribution is 0.301. The Kier molecular flexibility index (Phi) is 6.50. The molecule has 1 aromatic rings. The van der Waals surface area contributed by atoms with Crippen molar-refractivity contribution in [2.75, 3.05) is 19.6 Å². The summed E-state index contributed by atoms with van der Waals surface area (Å²) in [5, 5.41) is 0.631. The molecule has 0 aliphatic carbocycles. The molecule has 0 aliphatic heterocycles. The van der Waals surface area contributed by atoms with Gasteiger partial charge in [0.1, 0.15) is 0 Å². The van der Waals surface area contributed by atoms with Gasteiger partial charge in [-0.05, 0) is 5.56 Å². The van der Waals surface area contributed by atoms with E-state index < -0.39 is 0 Å². The Labute approximate surface area is 107 Å². The molecule has 2 nitrogen and oxygen atoms in total. The van der Waals surface area contributed by atoms with Crippen molar-refractivity contribution in [2.45, 2.75) is 6.54 Å². The fraction of sp³-hybridized carbons (Fsp3) is 0.333. The summed E-state index contributed by atoms with van der Waals surface area (Å²) in [5.74, 6) is 0. The van der Waals surface area contributed by atoms with Crippen LogP contribution in [0.1, 0.15) is 5.56 Å². The fourth-order valence-electron chi connectivity index (χ4n) is 1.49. The molecule has 1 rings (SSSR count). The van der Waals surface area contributed by atoms with E-state index in [-0.39, 0.29) is 0 Å². The molecule has 0 radical (unpaired) electrons. The van der Waals surface area contributed by atoms with Crippen molar-refractivity contribution >= 4 is 23.2 Å². The molecule has 0 amide bonds. The molecule has 88 valence electrons. The number of nitrogens with zero attached hydrogens (tertiary/aromatic N) is 1. The third-order valence-corrected chi connectivity index (χ3v) is 2.79. The smallest absolute Gasteiger partial charge is 0.0434 e. The van der Waals surface area contributed by atoms with E-state index in [4.69, 9.17) is 28.9 Å². The van der Waals surface area contributed by atoms with Gasteiger partial charge in [-0.15, -0.1) is 0 Å². The Balaban J connectivity index is 2.57. The van der Waals surface area contributed by atoms with Crippen molar-refractivity contribution < 1.29 is 0 Å². The van der Waals surface area contributed by atoms with E-state index in [1.54, 1.807) is 0 Å². The summed E-state index contributed by atoms with van der Waals surface area (Å²) in [6.45, 7) is 2.88. The number of hydrogen-bond acceptors (Lipinski definition) is 2. The molecule has 0 aliphatic rings. The third-order valence-electron chi connectivity index (χ3n) is 2.19. The van der Waals surface area contributed by atoms with Gasteiger partial charge in [-0.25, -0.2) is 0 Å². The first kappa shape index (κ1) is 13.5. The van der Waals surface area contributed by atoms with Gasteiger partial charge >= 0.3 is 0 Å². The van der Waals surface area contributed by atoms with Crippen molar-refractivity contribution in [2.24, 2.45) is 5.73 Å². The Bertz CT molecular complexity index is 325. The van der Waals surface area contributed by atoms with Crippen LogP contribution in [0.3, 0.4) is 0 Å². The second-order valence-corrected chi connectivity index (χ2v) is 4.24. The van der Waals surface area contributed by atoms with Crippen LogP contribution < -0.4 is 5.73 Å². The summed E-state index contributed by atoms with van der Waals surface area (Å²) in [6.07, 6.45) is 0. The highest BCUT2D eigenvalue weighted by atomic mass is 35.5. The lowest BCUT2D eigenvalue weighted by Gasteiger charge is -2.21. The van der Waals surface area contributed by atoms with E-state index in [1.165, 1.54) is 11.1 Å². The lowest BCUT2D eigenvalue weighted by atomic mass is 10.2. The molecule has 0 saturated carbocycles. The van der Waals surface area contributed by atoms with Crippen LogP contribution in [0.25, 0.3) is 0 Å². The molecule has 0 bridgehead atoms. The van der Waals surface area contributed by atoms with Gasteiger partial charge in [-0.2, -0.15) is 0 Å².